The second-order valence-corrected chi connectivity index (χ2v) is 10.3. The maximum atomic E-state index is 13.2. The summed E-state index contributed by atoms with van der Waals surface area (Å²) in [6.07, 6.45) is 3.11. The first-order valence-corrected chi connectivity index (χ1v) is 12.4. The van der Waals surface area contributed by atoms with Gasteiger partial charge in [0, 0.05) is 24.9 Å². The van der Waals surface area contributed by atoms with Crippen LogP contribution in [0.25, 0.3) is 6.08 Å². The van der Waals surface area contributed by atoms with Crippen molar-refractivity contribution in [1.29, 1.82) is 0 Å². The lowest BCUT2D eigenvalue weighted by atomic mass is 9.79. The average Bonchev–Trinajstić information content (AvgIpc) is 3.07. The lowest BCUT2D eigenvalue weighted by Gasteiger charge is -2.47. The number of rotatable bonds is 6. The fourth-order valence-corrected chi connectivity index (χ4v) is 5.96. The molecule has 0 aromatic heterocycles. The van der Waals surface area contributed by atoms with Gasteiger partial charge >= 0.3 is 0 Å². The van der Waals surface area contributed by atoms with Crippen LogP contribution < -0.4 is 4.90 Å². The normalized spacial score (nSPS) is 22.3. The van der Waals surface area contributed by atoms with Crippen LogP contribution >= 0.6 is 11.8 Å². The second-order valence-electron chi connectivity index (χ2n) is 9.27. The SMILES string of the molecule is CCN1c2ccc(/C=C3\SC(=Nc4ccccc4)N(CCOC)C3=O)cc2C(C)CC1(C)C. The highest BCUT2D eigenvalue weighted by molar-refractivity contribution is 8.18. The number of methoxy groups -OCH3 is 1. The van der Waals surface area contributed by atoms with Crippen molar-refractivity contribution in [2.75, 3.05) is 31.7 Å². The summed E-state index contributed by atoms with van der Waals surface area (Å²) >= 11 is 1.43. The molecule has 174 valence electrons. The predicted molar refractivity (Wildman–Crippen MR) is 139 cm³/mol. The van der Waals surface area contributed by atoms with E-state index in [4.69, 9.17) is 9.73 Å². The Kier molecular flexibility index (Phi) is 6.96. The molecule has 2 aromatic carbocycles. The van der Waals surface area contributed by atoms with Crippen LogP contribution in [0.1, 0.15) is 51.2 Å². The van der Waals surface area contributed by atoms with Crippen LogP contribution in [0.4, 0.5) is 11.4 Å². The number of para-hydroxylation sites is 1. The Balaban J connectivity index is 1.67. The highest BCUT2D eigenvalue weighted by Crippen LogP contribution is 2.44. The van der Waals surface area contributed by atoms with Gasteiger partial charge in [-0.1, -0.05) is 31.2 Å². The van der Waals surface area contributed by atoms with Gasteiger partial charge in [0.25, 0.3) is 5.91 Å². The number of benzene rings is 2. The lowest BCUT2D eigenvalue weighted by Crippen LogP contribution is -2.48. The van der Waals surface area contributed by atoms with Crippen LogP contribution in [0, 0.1) is 0 Å². The van der Waals surface area contributed by atoms with Crippen molar-refractivity contribution in [3.8, 4) is 0 Å². The van der Waals surface area contributed by atoms with Crippen LogP contribution in [-0.4, -0.2) is 48.3 Å². The van der Waals surface area contributed by atoms with E-state index < -0.39 is 0 Å². The number of carbonyl (C=O) groups excluding carboxylic acids is 1. The van der Waals surface area contributed by atoms with E-state index in [1.807, 2.05) is 36.4 Å². The van der Waals surface area contributed by atoms with Crippen LogP contribution in [-0.2, 0) is 9.53 Å². The molecule has 1 atom stereocenters. The van der Waals surface area contributed by atoms with Gasteiger partial charge in [0.2, 0.25) is 0 Å². The molecule has 0 bridgehead atoms. The molecule has 1 saturated heterocycles. The molecule has 4 rings (SSSR count). The number of hydrogen-bond acceptors (Lipinski definition) is 5. The van der Waals surface area contributed by atoms with Gasteiger partial charge in [-0.2, -0.15) is 0 Å². The third-order valence-electron chi connectivity index (χ3n) is 6.41. The number of thioether (sulfide) groups is 1. The van der Waals surface area contributed by atoms with Crippen molar-refractivity contribution in [1.82, 2.24) is 4.90 Å². The van der Waals surface area contributed by atoms with Gasteiger partial charge in [-0.25, -0.2) is 4.99 Å². The molecule has 2 heterocycles. The van der Waals surface area contributed by atoms with Crippen molar-refractivity contribution in [3.05, 3.63) is 64.6 Å². The van der Waals surface area contributed by atoms with Gasteiger partial charge in [-0.05, 0) is 86.3 Å². The van der Waals surface area contributed by atoms with Crippen molar-refractivity contribution in [3.63, 3.8) is 0 Å². The van der Waals surface area contributed by atoms with E-state index in [9.17, 15) is 4.79 Å². The standard InChI is InChI=1S/C27H33N3O2S/c1-6-30-23-13-12-20(16-22(23)19(2)18-27(30,3)4)17-24-25(31)29(14-15-32-5)26(33-24)28-21-10-8-7-9-11-21/h7-13,16-17,19H,6,14-15,18H2,1-5H3/b24-17-,28-26?. The second kappa shape index (κ2) is 9.74. The number of nitrogens with zero attached hydrogens (tertiary/aromatic N) is 3. The molecule has 0 saturated carbocycles. The Morgan fingerprint density at radius 2 is 1.97 bits per heavy atom. The first-order valence-electron chi connectivity index (χ1n) is 11.6. The highest BCUT2D eigenvalue weighted by atomic mass is 32.2. The molecule has 2 aliphatic rings. The van der Waals surface area contributed by atoms with E-state index in [-0.39, 0.29) is 11.4 Å². The topological polar surface area (TPSA) is 45.1 Å². The smallest absolute Gasteiger partial charge is 0.266 e. The number of amides is 1. The van der Waals surface area contributed by atoms with Gasteiger partial charge in [0.1, 0.15) is 0 Å². The molecule has 2 aliphatic heterocycles. The molecule has 0 spiro atoms. The molecule has 2 aromatic rings. The summed E-state index contributed by atoms with van der Waals surface area (Å²) in [5.74, 6) is 0.449. The number of amidine groups is 1. The Labute approximate surface area is 201 Å². The summed E-state index contributed by atoms with van der Waals surface area (Å²) in [4.78, 5) is 22.9. The number of carbonyl (C=O) groups is 1. The zero-order valence-electron chi connectivity index (χ0n) is 20.2. The summed E-state index contributed by atoms with van der Waals surface area (Å²) in [6, 6.07) is 16.3. The average molecular weight is 464 g/mol. The fraction of sp³-hybridized carbons (Fsp3) is 0.407. The first-order chi connectivity index (χ1) is 15.8. The number of hydrogen-bond donors (Lipinski definition) is 0. The van der Waals surface area contributed by atoms with Crippen LogP contribution in [0.5, 0.6) is 0 Å². The molecule has 33 heavy (non-hydrogen) atoms. The van der Waals surface area contributed by atoms with Crippen molar-refractivity contribution in [2.24, 2.45) is 4.99 Å². The van der Waals surface area contributed by atoms with Crippen LogP contribution in [0.3, 0.4) is 0 Å². The van der Waals surface area contributed by atoms with E-state index in [1.54, 1.807) is 12.0 Å². The molecule has 1 fully saturated rings. The van der Waals surface area contributed by atoms with Crippen molar-refractivity contribution >= 4 is 40.3 Å². The molecule has 6 heteroatoms. The van der Waals surface area contributed by atoms with Gasteiger partial charge < -0.3 is 9.64 Å². The Bertz CT molecular complexity index is 1080. The Morgan fingerprint density at radius 1 is 1.21 bits per heavy atom. The highest BCUT2D eigenvalue weighted by Gasteiger charge is 2.36. The zero-order valence-corrected chi connectivity index (χ0v) is 21.0. The maximum Gasteiger partial charge on any atom is 0.266 e. The molecule has 1 amide bonds. The monoisotopic (exact) mass is 463 g/mol. The largest absolute Gasteiger partial charge is 0.383 e. The van der Waals surface area contributed by atoms with E-state index in [1.165, 1.54) is 23.0 Å². The minimum absolute atomic E-state index is 0.0196. The molecule has 0 N–H and O–H groups in total. The zero-order chi connectivity index (χ0) is 23.6. The first kappa shape index (κ1) is 23.6. The van der Waals surface area contributed by atoms with Crippen molar-refractivity contribution in [2.45, 2.75) is 45.6 Å². The Hall–Kier alpha value is -2.57. The van der Waals surface area contributed by atoms with Crippen LogP contribution in [0.2, 0.25) is 0 Å². The minimum atomic E-state index is -0.0196. The third kappa shape index (κ3) is 4.87. The summed E-state index contributed by atoms with van der Waals surface area (Å²) in [5.41, 5.74) is 4.70. The molecule has 0 aliphatic carbocycles. The molecule has 0 radical (unpaired) electrons. The number of fused-ring (bicyclic) bond motifs is 1. The number of aliphatic imine (C=N–C) groups is 1. The summed E-state index contributed by atoms with van der Waals surface area (Å²) < 4.78 is 5.23. The van der Waals surface area contributed by atoms with Crippen molar-refractivity contribution < 1.29 is 9.53 Å². The maximum absolute atomic E-state index is 13.2. The van der Waals surface area contributed by atoms with Gasteiger partial charge in [0.05, 0.1) is 23.7 Å². The van der Waals surface area contributed by atoms with Crippen LogP contribution in [0.15, 0.2) is 58.4 Å². The lowest BCUT2D eigenvalue weighted by molar-refractivity contribution is -0.122. The van der Waals surface area contributed by atoms with Gasteiger partial charge in [0.15, 0.2) is 5.17 Å². The summed E-state index contributed by atoms with van der Waals surface area (Å²) in [5, 5.41) is 0.694. The molecule has 1 unspecified atom stereocenters. The third-order valence-corrected chi connectivity index (χ3v) is 7.42. The number of ether oxygens (including phenoxy) is 1. The Morgan fingerprint density at radius 3 is 2.67 bits per heavy atom. The fourth-order valence-electron chi connectivity index (χ4n) is 4.93. The minimum Gasteiger partial charge on any atom is -0.383 e. The number of anilines is 1. The summed E-state index contributed by atoms with van der Waals surface area (Å²) in [7, 11) is 1.65. The summed E-state index contributed by atoms with van der Waals surface area (Å²) in [6.45, 7) is 11.1. The van der Waals surface area contributed by atoms with E-state index >= 15 is 0 Å². The van der Waals surface area contributed by atoms with E-state index in [0.717, 1.165) is 24.2 Å². The molecular weight excluding hydrogens is 430 g/mol. The van der Waals surface area contributed by atoms with Gasteiger partial charge in [-0.3, -0.25) is 9.69 Å². The molecule has 5 nitrogen and oxygen atoms in total. The van der Waals surface area contributed by atoms with E-state index in [0.29, 0.717) is 29.1 Å². The molecular formula is C27H33N3O2S. The van der Waals surface area contributed by atoms with E-state index in [2.05, 4.69) is 50.8 Å². The quantitative estimate of drug-likeness (QED) is 0.489. The predicted octanol–water partition coefficient (Wildman–Crippen LogP) is 6.05. The van der Waals surface area contributed by atoms with Gasteiger partial charge in [-0.15, -0.1) is 0 Å².